The van der Waals surface area contributed by atoms with E-state index < -0.39 is 5.91 Å². The van der Waals surface area contributed by atoms with Gasteiger partial charge in [-0.1, -0.05) is 36.4 Å². The number of nitrogens with one attached hydrogen (secondary N) is 3. The van der Waals surface area contributed by atoms with E-state index >= 15 is 0 Å². The highest BCUT2D eigenvalue weighted by Crippen LogP contribution is 2.15. The van der Waals surface area contributed by atoms with Gasteiger partial charge in [-0.15, -0.1) is 0 Å². The highest BCUT2D eigenvalue weighted by Gasteiger charge is 2.15. The summed E-state index contributed by atoms with van der Waals surface area (Å²) in [4.78, 5) is 36.5. The molecule has 3 amide bonds. The Bertz CT molecular complexity index is 1060. The zero-order valence-corrected chi connectivity index (χ0v) is 16.8. The minimum absolute atomic E-state index is 0.154. The van der Waals surface area contributed by atoms with Crippen LogP contribution in [0.3, 0.4) is 0 Å². The summed E-state index contributed by atoms with van der Waals surface area (Å²) in [6.07, 6.45) is 0.947. The average Bonchev–Trinajstić information content (AvgIpc) is 3.13. The summed E-state index contributed by atoms with van der Waals surface area (Å²) in [5.41, 5.74) is 2.14. The van der Waals surface area contributed by atoms with Crippen molar-refractivity contribution in [1.29, 1.82) is 0 Å². The van der Waals surface area contributed by atoms with Gasteiger partial charge >= 0.3 is 0 Å². The average molecular weight is 405 g/mol. The first-order valence-electron chi connectivity index (χ1n) is 9.47. The van der Waals surface area contributed by atoms with E-state index in [9.17, 15) is 14.4 Å². The van der Waals surface area contributed by atoms with Crippen molar-refractivity contribution in [3.05, 3.63) is 77.5 Å². The van der Waals surface area contributed by atoms with Gasteiger partial charge in [0, 0.05) is 37.8 Å². The van der Waals surface area contributed by atoms with Gasteiger partial charge in [-0.25, -0.2) is 0 Å². The molecule has 30 heavy (non-hydrogen) atoms. The van der Waals surface area contributed by atoms with Crippen molar-refractivity contribution < 1.29 is 14.4 Å². The summed E-state index contributed by atoms with van der Waals surface area (Å²) in [5, 5.41) is 12.2. The number of carbonyl (C=O) groups excluding carboxylic acids is 3. The van der Waals surface area contributed by atoms with Crippen LogP contribution in [0.1, 0.15) is 32.8 Å². The topological polar surface area (TPSA) is 105 Å². The second-order valence-electron chi connectivity index (χ2n) is 6.69. The predicted octanol–water partition coefficient (Wildman–Crippen LogP) is 2.60. The Morgan fingerprint density at radius 2 is 1.70 bits per heavy atom. The van der Waals surface area contributed by atoms with Crippen LogP contribution in [0, 0.1) is 0 Å². The summed E-state index contributed by atoms with van der Waals surface area (Å²) >= 11 is 0. The Morgan fingerprint density at radius 1 is 0.933 bits per heavy atom. The van der Waals surface area contributed by atoms with Gasteiger partial charge in [-0.2, -0.15) is 5.10 Å². The molecule has 0 radical (unpaired) electrons. The number of nitrogens with zero attached hydrogens (tertiary/aromatic N) is 2. The van der Waals surface area contributed by atoms with E-state index in [1.807, 2.05) is 30.3 Å². The van der Waals surface area contributed by atoms with Crippen molar-refractivity contribution >= 4 is 29.2 Å². The Morgan fingerprint density at radius 3 is 2.43 bits per heavy atom. The summed E-state index contributed by atoms with van der Waals surface area (Å²) in [7, 11) is 3.19. The highest BCUT2D eigenvalue weighted by atomic mass is 16.2. The first-order chi connectivity index (χ1) is 14.5. The van der Waals surface area contributed by atoms with Gasteiger partial charge in [0.2, 0.25) is 5.91 Å². The molecule has 3 rings (SSSR count). The molecule has 0 saturated heterocycles. The SMILES string of the molecule is CNC(=O)c1cccc(NC(=O)c2cc(NC(=O)CCc3ccccc3)n(C)n2)c1. The molecule has 8 heteroatoms. The number of hydrogen-bond acceptors (Lipinski definition) is 4. The van der Waals surface area contributed by atoms with Gasteiger partial charge in [-0.3, -0.25) is 19.1 Å². The van der Waals surface area contributed by atoms with E-state index in [4.69, 9.17) is 0 Å². The molecule has 0 spiro atoms. The number of carbonyl (C=O) groups is 3. The molecule has 1 aromatic heterocycles. The maximum absolute atomic E-state index is 12.5. The van der Waals surface area contributed by atoms with E-state index in [1.165, 1.54) is 17.8 Å². The zero-order valence-electron chi connectivity index (χ0n) is 16.8. The fourth-order valence-electron chi connectivity index (χ4n) is 2.88. The number of amides is 3. The minimum atomic E-state index is -0.440. The van der Waals surface area contributed by atoms with Crippen LogP contribution in [0.25, 0.3) is 0 Å². The molecule has 154 valence electrons. The molecule has 0 aliphatic carbocycles. The molecule has 1 heterocycles. The van der Waals surface area contributed by atoms with Gasteiger partial charge in [0.15, 0.2) is 5.69 Å². The Kier molecular flexibility index (Phi) is 6.59. The summed E-state index contributed by atoms with van der Waals surface area (Å²) in [6, 6.07) is 17.8. The normalized spacial score (nSPS) is 10.3. The lowest BCUT2D eigenvalue weighted by Crippen LogP contribution is -2.18. The summed E-state index contributed by atoms with van der Waals surface area (Å²) in [5.74, 6) is -0.418. The molecule has 0 fully saturated rings. The van der Waals surface area contributed by atoms with Crippen LogP contribution in [0.4, 0.5) is 11.5 Å². The molecule has 0 atom stereocenters. The van der Waals surface area contributed by atoms with Crippen molar-refractivity contribution in [2.75, 3.05) is 17.7 Å². The molecule has 3 N–H and O–H groups in total. The first-order valence-corrected chi connectivity index (χ1v) is 9.47. The zero-order chi connectivity index (χ0) is 21.5. The molecule has 0 aliphatic rings. The van der Waals surface area contributed by atoms with E-state index in [0.717, 1.165) is 5.56 Å². The quantitative estimate of drug-likeness (QED) is 0.562. The number of rotatable bonds is 7. The number of hydrogen-bond donors (Lipinski definition) is 3. The fraction of sp³-hybridized carbons (Fsp3) is 0.182. The van der Waals surface area contributed by atoms with Crippen molar-refractivity contribution in [3.8, 4) is 0 Å². The lowest BCUT2D eigenvalue weighted by Gasteiger charge is -2.05. The molecule has 0 unspecified atom stereocenters. The van der Waals surface area contributed by atoms with Crippen LogP contribution in [-0.2, 0) is 18.3 Å². The summed E-state index contributed by atoms with van der Waals surface area (Å²) in [6.45, 7) is 0. The third kappa shape index (κ3) is 5.32. The van der Waals surface area contributed by atoms with Gasteiger partial charge in [-0.05, 0) is 30.2 Å². The van der Waals surface area contributed by atoms with Crippen LogP contribution >= 0.6 is 0 Å². The van der Waals surface area contributed by atoms with Crippen molar-refractivity contribution in [3.63, 3.8) is 0 Å². The Hall–Kier alpha value is -3.94. The predicted molar refractivity (Wildman–Crippen MR) is 114 cm³/mol. The Labute approximate surface area is 174 Å². The maximum Gasteiger partial charge on any atom is 0.276 e. The molecule has 0 aliphatic heterocycles. The first kappa shape index (κ1) is 20.8. The second-order valence-corrected chi connectivity index (χ2v) is 6.69. The van der Waals surface area contributed by atoms with E-state index in [-0.39, 0.29) is 17.5 Å². The minimum Gasteiger partial charge on any atom is -0.355 e. The maximum atomic E-state index is 12.5. The molecule has 0 saturated carbocycles. The molecule has 0 bridgehead atoms. The van der Waals surface area contributed by atoms with E-state index in [0.29, 0.717) is 29.9 Å². The van der Waals surface area contributed by atoms with Crippen molar-refractivity contribution in [2.45, 2.75) is 12.8 Å². The van der Waals surface area contributed by atoms with Crippen LogP contribution in [-0.4, -0.2) is 34.5 Å². The monoisotopic (exact) mass is 405 g/mol. The van der Waals surface area contributed by atoms with Gasteiger partial charge in [0.1, 0.15) is 5.82 Å². The van der Waals surface area contributed by atoms with Gasteiger partial charge < -0.3 is 16.0 Å². The summed E-state index contributed by atoms with van der Waals surface area (Å²) < 4.78 is 1.44. The largest absolute Gasteiger partial charge is 0.355 e. The van der Waals surface area contributed by atoms with Crippen molar-refractivity contribution in [2.24, 2.45) is 7.05 Å². The number of aromatic nitrogens is 2. The fourth-order valence-corrected chi connectivity index (χ4v) is 2.88. The molecule has 8 nitrogen and oxygen atoms in total. The van der Waals surface area contributed by atoms with Crippen LogP contribution < -0.4 is 16.0 Å². The number of aryl methyl sites for hydroxylation is 2. The van der Waals surface area contributed by atoms with E-state index in [2.05, 4.69) is 21.0 Å². The smallest absolute Gasteiger partial charge is 0.276 e. The second kappa shape index (κ2) is 9.51. The lowest BCUT2D eigenvalue weighted by molar-refractivity contribution is -0.116. The van der Waals surface area contributed by atoms with Crippen molar-refractivity contribution in [1.82, 2.24) is 15.1 Å². The molecule has 2 aromatic carbocycles. The standard InChI is InChI=1S/C22H23N5O3/c1-23-21(29)16-9-6-10-17(13-16)24-22(30)18-14-19(27(2)26-18)25-20(28)12-11-15-7-4-3-5-8-15/h3-10,13-14H,11-12H2,1-2H3,(H,23,29)(H,24,30)(H,25,28). The molecule has 3 aromatic rings. The third-order valence-electron chi connectivity index (χ3n) is 4.47. The number of anilines is 2. The third-order valence-corrected chi connectivity index (χ3v) is 4.47. The molecular formula is C22H23N5O3. The molecular weight excluding hydrogens is 382 g/mol. The Balaban J connectivity index is 1.61. The van der Waals surface area contributed by atoms with Gasteiger partial charge in [0.05, 0.1) is 0 Å². The highest BCUT2D eigenvalue weighted by molar-refractivity contribution is 6.04. The van der Waals surface area contributed by atoms with E-state index in [1.54, 1.807) is 31.3 Å². The lowest BCUT2D eigenvalue weighted by atomic mass is 10.1. The number of benzene rings is 2. The van der Waals surface area contributed by atoms with Crippen LogP contribution in [0.15, 0.2) is 60.7 Å². The van der Waals surface area contributed by atoms with Crippen LogP contribution in [0.2, 0.25) is 0 Å². The van der Waals surface area contributed by atoms with Crippen LogP contribution in [0.5, 0.6) is 0 Å². The van der Waals surface area contributed by atoms with Gasteiger partial charge in [0.25, 0.3) is 11.8 Å².